The minimum Gasteiger partial charge on any atom is -0.481 e. The number of aliphatic imine (C=N–C) groups is 1. The van der Waals surface area contributed by atoms with Gasteiger partial charge < -0.3 is 15.0 Å². The highest BCUT2D eigenvalue weighted by atomic mass is 16.5. The molecule has 4 nitrogen and oxygen atoms in total. The van der Waals surface area contributed by atoms with Crippen LogP contribution in [0.5, 0.6) is 0 Å². The third-order valence-electron chi connectivity index (χ3n) is 5.73. The molecule has 3 atom stereocenters. The summed E-state index contributed by atoms with van der Waals surface area (Å²) in [7, 11) is 2.22. The van der Waals surface area contributed by atoms with Crippen molar-refractivity contribution in [3.63, 3.8) is 0 Å². The van der Waals surface area contributed by atoms with Gasteiger partial charge in [-0.15, -0.1) is 0 Å². The number of nitrogens with one attached hydrogen (secondary N) is 1. The van der Waals surface area contributed by atoms with Crippen molar-refractivity contribution < 1.29 is 4.74 Å². The van der Waals surface area contributed by atoms with E-state index in [1.165, 1.54) is 43.5 Å². The van der Waals surface area contributed by atoms with Crippen LogP contribution < -0.4 is 10.2 Å². The minimum atomic E-state index is 0.114. The maximum Gasteiger partial charge on any atom is 0.191 e. The van der Waals surface area contributed by atoms with Gasteiger partial charge in [-0.2, -0.15) is 0 Å². The van der Waals surface area contributed by atoms with E-state index in [0.29, 0.717) is 24.5 Å². The summed E-state index contributed by atoms with van der Waals surface area (Å²) >= 11 is 0. The molecule has 1 aromatic rings. The van der Waals surface area contributed by atoms with Crippen molar-refractivity contribution in [3.05, 3.63) is 24.3 Å². The lowest BCUT2D eigenvalue weighted by molar-refractivity contribution is 0.226. The van der Waals surface area contributed by atoms with Gasteiger partial charge in [0.15, 0.2) is 5.90 Å². The van der Waals surface area contributed by atoms with E-state index in [2.05, 4.69) is 48.5 Å². The quantitative estimate of drug-likeness (QED) is 0.900. The van der Waals surface area contributed by atoms with E-state index in [4.69, 9.17) is 9.73 Å². The Kier molecular flexibility index (Phi) is 3.92. The zero-order chi connectivity index (χ0) is 15.8. The van der Waals surface area contributed by atoms with Gasteiger partial charge in [0.2, 0.25) is 0 Å². The Hall–Kier alpha value is -1.71. The van der Waals surface area contributed by atoms with Gasteiger partial charge in [0.25, 0.3) is 0 Å². The number of hydrogen-bond acceptors (Lipinski definition) is 4. The second-order valence-electron chi connectivity index (χ2n) is 7.03. The minimum absolute atomic E-state index is 0.114. The van der Waals surface area contributed by atoms with Gasteiger partial charge in [-0.25, -0.2) is 4.99 Å². The Labute approximate surface area is 138 Å². The Bertz CT molecular complexity index is 594. The predicted molar refractivity (Wildman–Crippen MR) is 95.2 cm³/mol. The van der Waals surface area contributed by atoms with Gasteiger partial charge in [-0.05, 0) is 37.8 Å². The monoisotopic (exact) mass is 313 g/mol. The van der Waals surface area contributed by atoms with E-state index < -0.39 is 0 Å². The molecule has 1 aromatic carbocycles. The summed E-state index contributed by atoms with van der Waals surface area (Å²) in [5, 5.41) is 3.64. The van der Waals surface area contributed by atoms with E-state index >= 15 is 0 Å². The number of ether oxygens (including phenoxy) is 1. The van der Waals surface area contributed by atoms with Crippen LogP contribution >= 0.6 is 0 Å². The number of benzene rings is 1. The zero-order valence-corrected chi connectivity index (χ0v) is 14.2. The molecule has 0 unspecified atom stereocenters. The van der Waals surface area contributed by atoms with Crippen LogP contribution in [0.2, 0.25) is 0 Å². The molecule has 0 amide bonds. The molecule has 0 radical (unpaired) electrons. The van der Waals surface area contributed by atoms with Crippen molar-refractivity contribution in [1.82, 2.24) is 0 Å². The van der Waals surface area contributed by atoms with Crippen LogP contribution in [0, 0.1) is 11.8 Å². The van der Waals surface area contributed by atoms with Crippen LogP contribution in [0.25, 0.3) is 0 Å². The van der Waals surface area contributed by atoms with Crippen molar-refractivity contribution in [2.75, 3.05) is 23.9 Å². The molecule has 0 aromatic heterocycles. The highest BCUT2D eigenvalue weighted by molar-refractivity contribution is 5.86. The van der Waals surface area contributed by atoms with Crippen molar-refractivity contribution >= 4 is 17.3 Å². The van der Waals surface area contributed by atoms with Gasteiger partial charge in [-0.3, -0.25) is 0 Å². The number of fused-ring (bicyclic) bond motifs is 2. The summed E-state index contributed by atoms with van der Waals surface area (Å²) in [5.74, 6) is 2.12. The number of hydrogen-bond donors (Lipinski definition) is 1. The summed E-state index contributed by atoms with van der Waals surface area (Å²) in [5.41, 5.74) is 2.46. The Morgan fingerprint density at radius 1 is 1.22 bits per heavy atom. The summed E-state index contributed by atoms with van der Waals surface area (Å²) in [6.07, 6.45) is 6.83. The molecule has 2 aliphatic heterocycles. The molecular formula is C19H27N3O. The Balaban J connectivity index is 1.68. The van der Waals surface area contributed by atoms with Crippen molar-refractivity contribution in [1.29, 1.82) is 0 Å². The van der Waals surface area contributed by atoms with Crippen LogP contribution in [0.3, 0.4) is 0 Å². The van der Waals surface area contributed by atoms with Crippen LogP contribution in [-0.4, -0.2) is 31.8 Å². The first-order valence-electron chi connectivity index (χ1n) is 9.08. The predicted octanol–water partition coefficient (Wildman–Crippen LogP) is 3.89. The molecule has 1 N–H and O–H groups in total. The highest BCUT2D eigenvalue weighted by Gasteiger charge is 2.48. The molecule has 1 aliphatic carbocycles. The second kappa shape index (κ2) is 6.06. The summed E-state index contributed by atoms with van der Waals surface area (Å²) < 4.78 is 5.99. The molecule has 23 heavy (non-hydrogen) atoms. The Morgan fingerprint density at radius 2 is 2.00 bits per heavy atom. The molecule has 4 heteroatoms. The fourth-order valence-corrected chi connectivity index (χ4v) is 4.69. The maximum absolute atomic E-state index is 5.99. The smallest absolute Gasteiger partial charge is 0.191 e. The van der Waals surface area contributed by atoms with E-state index in [-0.39, 0.29) is 6.17 Å². The van der Waals surface area contributed by atoms with Gasteiger partial charge in [0, 0.05) is 7.05 Å². The lowest BCUT2D eigenvalue weighted by atomic mass is 9.76. The molecule has 0 bridgehead atoms. The summed E-state index contributed by atoms with van der Waals surface area (Å²) in [4.78, 5) is 7.38. The lowest BCUT2D eigenvalue weighted by Crippen LogP contribution is -2.52. The maximum atomic E-state index is 5.99. The van der Waals surface area contributed by atoms with Crippen LogP contribution in [0.1, 0.15) is 39.0 Å². The lowest BCUT2D eigenvalue weighted by Gasteiger charge is -2.43. The van der Waals surface area contributed by atoms with E-state index in [9.17, 15) is 0 Å². The molecule has 1 saturated carbocycles. The fraction of sp³-hybridized carbons (Fsp3) is 0.632. The molecule has 1 fully saturated rings. The number of para-hydroxylation sites is 2. The third kappa shape index (κ3) is 2.48. The molecule has 3 aliphatic rings. The molecule has 124 valence electrons. The third-order valence-corrected chi connectivity index (χ3v) is 5.73. The molecule has 0 saturated heterocycles. The molecular weight excluding hydrogens is 286 g/mol. The highest BCUT2D eigenvalue weighted by Crippen LogP contribution is 2.44. The number of anilines is 2. The Morgan fingerprint density at radius 3 is 2.78 bits per heavy atom. The van der Waals surface area contributed by atoms with Crippen molar-refractivity contribution in [2.24, 2.45) is 16.8 Å². The fourth-order valence-electron chi connectivity index (χ4n) is 4.69. The van der Waals surface area contributed by atoms with Crippen LogP contribution in [0.15, 0.2) is 29.3 Å². The SMILES string of the molecule is CCOC1=N[C@H]2Nc3ccccc3N(C)[C@H]2[C@@H]1C1CCCCC1. The first-order chi connectivity index (χ1) is 11.3. The topological polar surface area (TPSA) is 36.9 Å². The number of likely N-dealkylation sites (N-methyl/N-ethyl adjacent to an activating group) is 1. The van der Waals surface area contributed by atoms with Crippen molar-refractivity contribution in [2.45, 2.75) is 51.2 Å². The molecule has 0 spiro atoms. The van der Waals surface area contributed by atoms with Gasteiger partial charge in [-0.1, -0.05) is 31.4 Å². The number of rotatable bonds is 2. The van der Waals surface area contributed by atoms with Gasteiger partial charge in [0.1, 0.15) is 6.17 Å². The number of nitrogens with zero attached hydrogens (tertiary/aromatic N) is 2. The summed E-state index contributed by atoms with van der Waals surface area (Å²) in [6.45, 7) is 2.77. The summed E-state index contributed by atoms with van der Waals surface area (Å²) in [6, 6.07) is 8.92. The van der Waals surface area contributed by atoms with E-state index in [1.807, 2.05) is 0 Å². The average molecular weight is 313 g/mol. The van der Waals surface area contributed by atoms with Gasteiger partial charge >= 0.3 is 0 Å². The second-order valence-corrected chi connectivity index (χ2v) is 7.03. The van der Waals surface area contributed by atoms with Crippen LogP contribution in [0.4, 0.5) is 11.4 Å². The first-order valence-corrected chi connectivity index (χ1v) is 9.08. The van der Waals surface area contributed by atoms with Gasteiger partial charge in [0.05, 0.1) is 29.9 Å². The van der Waals surface area contributed by atoms with Crippen molar-refractivity contribution in [3.8, 4) is 0 Å². The largest absolute Gasteiger partial charge is 0.481 e. The first kappa shape index (κ1) is 14.9. The molecule has 4 rings (SSSR count). The zero-order valence-electron chi connectivity index (χ0n) is 14.2. The average Bonchev–Trinajstić information content (AvgIpc) is 2.94. The van der Waals surface area contributed by atoms with E-state index in [1.54, 1.807) is 0 Å². The standard InChI is InChI=1S/C19H27N3O/c1-3-23-19-16(13-9-5-4-6-10-13)17-18(21-19)20-14-11-7-8-12-15(14)22(17)2/h7-8,11-13,16-18,20H,3-6,9-10H2,1-2H3/t16-,17-,18+/m0/s1. The van der Waals surface area contributed by atoms with E-state index in [0.717, 1.165) is 5.90 Å². The molecule has 2 heterocycles. The normalized spacial score (nSPS) is 30.3. The van der Waals surface area contributed by atoms with Crippen LogP contribution in [-0.2, 0) is 4.74 Å².